The molecule has 0 saturated heterocycles. The van der Waals surface area contributed by atoms with Crippen molar-refractivity contribution in [3.63, 3.8) is 0 Å². The van der Waals surface area contributed by atoms with Crippen molar-refractivity contribution in [2.24, 2.45) is 5.92 Å². The van der Waals surface area contributed by atoms with E-state index in [-0.39, 0.29) is 11.7 Å². The Hall–Kier alpha value is -1.16. The quantitative estimate of drug-likeness (QED) is 0.751. The molecule has 0 amide bonds. The van der Waals surface area contributed by atoms with Crippen LogP contribution in [0.5, 0.6) is 0 Å². The van der Waals surface area contributed by atoms with Gasteiger partial charge in [-0.15, -0.1) is 0 Å². The van der Waals surface area contributed by atoms with Gasteiger partial charge in [0.1, 0.15) is 6.10 Å². The molecule has 0 aliphatic carbocycles. The third kappa shape index (κ3) is 2.70. The molecule has 0 radical (unpaired) electrons. The molecular weight excluding hydrogens is 204 g/mol. The van der Waals surface area contributed by atoms with Crippen LogP contribution >= 0.6 is 0 Å². The van der Waals surface area contributed by atoms with Crippen molar-refractivity contribution in [3.8, 4) is 0 Å². The van der Waals surface area contributed by atoms with Gasteiger partial charge in [0, 0.05) is 12.7 Å². The van der Waals surface area contributed by atoms with E-state index in [1.807, 2.05) is 20.8 Å². The number of Topliss-reactive ketones (excluding diaryl/α,β-unsaturated/α-hetero) is 1. The number of aliphatic hydroxyl groups is 1. The first-order chi connectivity index (χ1) is 7.63. The topological polar surface area (TPSA) is 55.1 Å². The lowest BCUT2D eigenvalue weighted by atomic mass is 9.92. The maximum absolute atomic E-state index is 11.9. The van der Waals surface area contributed by atoms with Crippen LogP contribution in [0.15, 0.2) is 12.4 Å². The summed E-state index contributed by atoms with van der Waals surface area (Å²) in [6.07, 6.45) is 3.94. The van der Waals surface area contributed by atoms with E-state index in [4.69, 9.17) is 0 Å². The molecule has 1 heterocycles. The van der Waals surface area contributed by atoms with E-state index in [0.717, 1.165) is 19.4 Å². The van der Waals surface area contributed by atoms with Gasteiger partial charge < -0.3 is 5.11 Å². The van der Waals surface area contributed by atoms with Crippen LogP contribution in [0.2, 0.25) is 0 Å². The Morgan fingerprint density at radius 2 is 2.06 bits per heavy atom. The van der Waals surface area contributed by atoms with Crippen LogP contribution in [0.4, 0.5) is 0 Å². The predicted molar refractivity (Wildman–Crippen MR) is 62.3 cm³/mol. The fourth-order valence-electron chi connectivity index (χ4n) is 1.78. The second kappa shape index (κ2) is 5.80. The van der Waals surface area contributed by atoms with Gasteiger partial charge >= 0.3 is 0 Å². The van der Waals surface area contributed by atoms with Gasteiger partial charge in [0.2, 0.25) is 0 Å². The maximum atomic E-state index is 11.9. The molecule has 1 atom stereocenters. The van der Waals surface area contributed by atoms with Crippen molar-refractivity contribution in [3.05, 3.63) is 18.0 Å². The Morgan fingerprint density at radius 3 is 2.50 bits per heavy atom. The number of aliphatic hydroxyl groups excluding tert-OH is 1. The zero-order valence-electron chi connectivity index (χ0n) is 10.2. The van der Waals surface area contributed by atoms with Crippen LogP contribution in [-0.4, -0.2) is 26.8 Å². The molecular formula is C12H20N2O2. The molecule has 1 rings (SSSR count). The van der Waals surface area contributed by atoms with Crippen LogP contribution < -0.4 is 0 Å². The summed E-state index contributed by atoms with van der Waals surface area (Å²) in [4.78, 5) is 11.9. The molecule has 0 aliphatic heterocycles. The fraction of sp³-hybridized carbons (Fsp3) is 0.667. The molecule has 90 valence electrons. The second-order valence-corrected chi connectivity index (χ2v) is 3.97. The summed E-state index contributed by atoms with van der Waals surface area (Å²) in [5.41, 5.74) is 0.501. The van der Waals surface area contributed by atoms with Gasteiger partial charge in [-0.2, -0.15) is 5.10 Å². The largest absolute Gasteiger partial charge is 0.385 e. The van der Waals surface area contributed by atoms with E-state index < -0.39 is 6.10 Å². The molecule has 0 spiro atoms. The summed E-state index contributed by atoms with van der Waals surface area (Å²) in [5.74, 6) is -0.175. The van der Waals surface area contributed by atoms with Crippen molar-refractivity contribution in [1.29, 1.82) is 0 Å². The lowest BCUT2D eigenvalue weighted by molar-refractivity contribution is 0.0588. The summed E-state index contributed by atoms with van der Waals surface area (Å²) < 4.78 is 1.69. The number of ketones is 1. The van der Waals surface area contributed by atoms with Gasteiger partial charge in [0.05, 0.1) is 11.8 Å². The Morgan fingerprint density at radius 1 is 1.44 bits per heavy atom. The number of aryl methyl sites for hydroxylation is 1. The van der Waals surface area contributed by atoms with Crippen LogP contribution in [0, 0.1) is 5.92 Å². The van der Waals surface area contributed by atoms with E-state index in [2.05, 4.69) is 5.10 Å². The van der Waals surface area contributed by atoms with Gasteiger partial charge in [-0.25, -0.2) is 0 Å². The van der Waals surface area contributed by atoms with Crippen molar-refractivity contribution >= 4 is 5.78 Å². The summed E-state index contributed by atoms with van der Waals surface area (Å²) in [6, 6.07) is 0. The molecule has 0 saturated carbocycles. The van der Waals surface area contributed by atoms with Crippen LogP contribution in [0.25, 0.3) is 0 Å². The van der Waals surface area contributed by atoms with Crippen LogP contribution in [-0.2, 0) is 6.54 Å². The molecule has 0 aliphatic rings. The third-order valence-electron chi connectivity index (χ3n) is 3.01. The van der Waals surface area contributed by atoms with Crippen molar-refractivity contribution in [2.75, 3.05) is 0 Å². The highest BCUT2D eigenvalue weighted by molar-refractivity contribution is 5.99. The number of aromatic nitrogens is 2. The van der Waals surface area contributed by atoms with Gasteiger partial charge in [-0.1, -0.05) is 26.7 Å². The second-order valence-electron chi connectivity index (χ2n) is 3.97. The van der Waals surface area contributed by atoms with E-state index in [1.54, 1.807) is 10.9 Å². The third-order valence-corrected chi connectivity index (χ3v) is 3.01. The van der Waals surface area contributed by atoms with E-state index in [0.29, 0.717) is 5.56 Å². The lowest BCUT2D eigenvalue weighted by Crippen LogP contribution is -2.28. The Bertz CT molecular complexity index is 343. The molecule has 4 nitrogen and oxygen atoms in total. The van der Waals surface area contributed by atoms with E-state index in [1.165, 1.54) is 6.20 Å². The molecule has 0 bridgehead atoms. The van der Waals surface area contributed by atoms with Crippen LogP contribution in [0.1, 0.15) is 44.0 Å². The SMILES string of the molecule is CCC(CC)C(O)C(=O)c1cnn(CC)c1. The standard InChI is InChI=1S/C12H20N2O2/c1-4-9(5-2)11(15)12(16)10-7-13-14(6-3)8-10/h7-9,11,15H,4-6H2,1-3H3. The number of hydrogen-bond donors (Lipinski definition) is 1. The number of carbonyl (C=O) groups is 1. The molecule has 16 heavy (non-hydrogen) atoms. The van der Waals surface area contributed by atoms with Crippen molar-refractivity contribution < 1.29 is 9.90 Å². The van der Waals surface area contributed by atoms with Gasteiger partial charge in [0.25, 0.3) is 0 Å². The van der Waals surface area contributed by atoms with Crippen molar-refractivity contribution in [2.45, 2.75) is 46.3 Å². The summed E-state index contributed by atoms with van der Waals surface area (Å²) in [6.45, 7) is 6.66. The highest BCUT2D eigenvalue weighted by Gasteiger charge is 2.25. The molecule has 0 aromatic carbocycles. The minimum atomic E-state index is -0.899. The summed E-state index contributed by atoms with van der Waals surface area (Å²) in [7, 11) is 0. The molecule has 1 unspecified atom stereocenters. The van der Waals surface area contributed by atoms with Crippen LogP contribution in [0.3, 0.4) is 0 Å². The Balaban J connectivity index is 2.76. The first kappa shape index (κ1) is 12.9. The first-order valence-electron chi connectivity index (χ1n) is 5.88. The highest BCUT2D eigenvalue weighted by atomic mass is 16.3. The zero-order valence-corrected chi connectivity index (χ0v) is 10.2. The molecule has 1 N–H and O–H groups in total. The molecule has 0 fully saturated rings. The number of rotatable bonds is 6. The summed E-state index contributed by atoms with van der Waals surface area (Å²) in [5, 5.41) is 14.0. The average molecular weight is 224 g/mol. The van der Waals surface area contributed by atoms with Crippen molar-refractivity contribution in [1.82, 2.24) is 9.78 Å². The first-order valence-corrected chi connectivity index (χ1v) is 5.88. The maximum Gasteiger partial charge on any atom is 0.194 e. The van der Waals surface area contributed by atoms with Gasteiger partial charge in [0.15, 0.2) is 5.78 Å². The van der Waals surface area contributed by atoms with E-state index in [9.17, 15) is 9.90 Å². The number of hydrogen-bond acceptors (Lipinski definition) is 3. The Kier molecular flexibility index (Phi) is 4.68. The Labute approximate surface area is 96.3 Å². The van der Waals surface area contributed by atoms with Gasteiger partial charge in [-0.05, 0) is 12.8 Å². The predicted octanol–water partition coefficient (Wildman–Crippen LogP) is 1.88. The smallest absolute Gasteiger partial charge is 0.194 e. The minimum absolute atomic E-state index is 0.0393. The van der Waals surface area contributed by atoms with E-state index >= 15 is 0 Å². The average Bonchev–Trinajstić information content (AvgIpc) is 2.78. The monoisotopic (exact) mass is 224 g/mol. The normalized spacial score (nSPS) is 13.1. The fourth-order valence-corrected chi connectivity index (χ4v) is 1.78. The zero-order chi connectivity index (χ0) is 12.1. The minimum Gasteiger partial charge on any atom is -0.385 e. The lowest BCUT2D eigenvalue weighted by Gasteiger charge is -2.17. The molecule has 1 aromatic heterocycles. The van der Waals surface area contributed by atoms with Gasteiger partial charge in [-0.3, -0.25) is 9.48 Å². The number of nitrogens with zero attached hydrogens (tertiary/aromatic N) is 2. The molecule has 1 aromatic rings. The number of carbonyl (C=O) groups excluding carboxylic acids is 1. The summed E-state index contributed by atoms with van der Waals surface area (Å²) >= 11 is 0. The molecule has 4 heteroatoms. The highest BCUT2D eigenvalue weighted by Crippen LogP contribution is 2.17.